The van der Waals surface area contributed by atoms with Crippen LogP contribution < -0.4 is 0 Å². The fourth-order valence-electron chi connectivity index (χ4n) is 2.20. The summed E-state index contributed by atoms with van der Waals surface area (Å²) in [6.07, 6.45) is 1.93. The first-order valence-electron chi connectivity index (χ1n) is 6.46. The highest BCUT2D eigenvalue weighted by Gasteiger charge is 2.02. The van der Waals surface area contributed by atoms with E-state index in [2.05, 4.69) is 88.8 Å². The van der Waals surface area contributed by atoms with Crippen molar-refractivity contribution >= 4 is 43.8 Å². The molecule has 0 spiro atoms. The van der Waals surface area contributed by atoms with Gasteiger partial charge in [0.1, 0.15) is 0 Å². The minimum Gasteiger partial charge on any atom is -0.256 e. The Morgan fingerprint density at radius 3 is 1.60 bits per heavy atom. The quantitative estimate of drug-likeness (QED) is 0.538. The summed E-state index contributed by atoms with van der Waals surface area (Å²) in [5, 5.41) is 0. The lowest BCUT2D eigenvalue weighted by Gasteiger charge is -2.06. The maximum atomic E-state index is 4.59. The van der Waals surface area contributed by atoms with E-state index in [0.29, 0.717) is 0 Å². The zero-order chi connectivity index (χ0) is 14.9. The van der Waals surface area contributed by atoms with Gasteiger partial charge in [-0.3, -0.25) is 4.99 Å². The normalized spacial score (nSPS) is 11.3. The topological polar surface area (TPSA) is 12.4 Å². The molecule has 0 bridgehead atoms. The first-order chi connectivity index (χ1) is 9.38. The van der Waals surface area contributed by atoms with Crippen molar-refractivity contribution < 1.29 is 0 Å². The molecule has 0 radical (unpaired) electrons. The van der Waals surface area contributed by atoms with Crippen molar-refractivity contribution in [3.8, 4) is 0 Å². The van der Waals surface area contributed by atoms with Crippen LogP contribution in [-0.2, 0) is 0 Å². The van der Waals surface area contributed by atoms with Gasteiger partial charge in [-0.2, -0.15) is 0 Å². The van der Waals surface area contributed by atoms with Crippen LogP contribution in [0.25, 0.3) is 0 Å². The molecule has 0 amide bonds. The van der Waals surface area contributed by atoms with Crippen LogP contribution in [0, 0.1) is 27.7 Å². The molecule has 0 saturated carbocycles. The number of hydrogen-bond donors (Lipinski definition) is 0. The summed E-state index contributed by atoms with van der Waals surface area (Å²) in [5.74, 6) is 0. The third-order valence-electron chi connectivity index (χ3n) is 3.24. The van der Waals surface area contributed by atoms with E-state index in [4.69, 9.17) is 0 Å². The van der Waals surface area contributed by atoms with E-state index in [-0.39, 0.29) is 0 Å². The molecule has 0 aromatic heterocycles. The second-order valence-electron chi connectivity index (χ2n) is 5.12. The Balaban J connectivity index is 2.35. The molecule has 0 fully saturated rings. The Bertz CT molecular complexity index is 582. The lowest BCUT2D eigenvalue weighted by molar-refractivity contribution is 1.32. The number of nitrogens with zero attached hydrogens (tertiary/aromatic N) is 1. The van der Waals surface area contributed by atoms with Gasteiger partial charge in [-0.05, 0) is 79.8 Å². The van der Waals surface area contributed by atoms with Crippen LogP contribution in [0.4, 0.5) is 5.69 Å². The van der Waals surface area contributed by atoms with Crippen molar-refractivity contribution in [2.75, 3.05) is 0 Å². The number of aryl methyl sites for hydroxylation is 4. The predicted molar refractivity (Wildman–Crippen MR) is 94.5 cm³/mol. The molecular formula is C17H17Br2N. The minimum atomic E-state index is 0.987. The summed E-state index contributed by atoms with van der Waals surface area (Å²) in [4.78, 5) is 4.59. The summed E-state index contributed by atoms with van der Waals surface area (Å²) in [7, 11) is 0. The van der Waals surface area contributed by atoms with Gasteiger partial charge < -0.3 is 0 Å². The second kappa shape index (κ2) is 6.23. The SMILES string of the molecule is Cc1cc(C=Nc2cc(C)c(Br)c(C)c2)cc(C)c1Br. The first kappa shape index (κ1) is 15.5. The smallest absolute Gasteiger partial charge is 0.0635 e. The third-order valence-corrected chi connectivity index (χ3v) is 5.74. The second-order valence-corrected chi connectivity index (χ2v) is 6.71. The van der Waals surface area contributed by atoms with Crippen LogP contribution in [0.1, 0.15) is 27.8 Å². The van der Waals surface area contributed by atoms with Crippen LogP contribution in [0.2, 0.25) is 0 Å². The summed E-state index contributed by atoms with van der Waals surface area (Å²) >= 11 is 7.17. The summed E-state index contributed by atoms with van der Waals surface area (Å²) in [5.41, 5.74) is 6.99. The standard InChI is InChI=1S/C17H17Br2N/c1-10-5-14(6-11(2)16(10)18)9-20-15-7-12(3)17(19)13(4)8-15/h5-9H,1-4H3. The summed E-state index contributed by atoms with van der Waals surface area (Å²) in [6.45, 7) is 8.37. The fourth-order valence-corrected chi connectivity index (χ4v) is 2.66. The molecule has 104 valence electrons. The Labute approximate surface area is 137 Å². The Kier molecular flexibility index (Phi) is 4.82. The number of hydrogen-bond acceptors (Lipinski definition) is 1. The average molecular weight is 395 g/mol. The van der Waals surface area contributed by atoms with Gasteiger partial charge >= 0.3 is 0 Å². The van der Waals surface area contributed by atoms with Gasteiger partial charge in [-0.25, -0.2) is 0 Å². The number of halogens is 2. The van der Waals surface area contributed by atoms with Crippen LogP contribution in [0.3, 0.4) is 0 Å². The third kappa shape index (κ3) is 3.39. The number of benzene rings is 2. The van der Waals surface area contributed by atoms with E-state index >= 15 is 0 Å². The minimum absolute atomic E-state index is 0.987. The number of aliphatic imine (C=N–C) groups is 1. The van der Waals surface area contributed by atoms with Crippen molar-refractivity contribution in [3.63, 3.8) is 0 Å². The molecule has 0 unspecified atom stereocenters. The Morgan fingerprint density at radius 1 is 0.750 bits per heavy atom. The number of rotatable bonds is 2. The Hall–Kier alpha value is -0.930. The van der Waals surface area contributed by atoms with Gasteiger partial charge in [0.05, 0.1) is 5.69 Å². The lowest BCUT2D eigenvalue weighted by Crippen LogP contribution is -1.88. The highest BCUT2D eigenvalue weighted by Crippen LogP contribution is 2.27. The van der Waals surface area contributed by atoms with Crippen LogP contribution >= 0.6 is 31.9 Å². The molecular weight excluding hydrogens is 378 g/mol. The van der Waals surface area contributed by atoms with Gasteiger partial charge in [0.25, 0.3) is 0 Å². The molecule has 2 aromatic carbocycles. The molecule has 2 rings (SSSR count). The van der Waals surface area contributed by atoms with E-state index in [1.807, 2.05) is 6.21 Å². The summed E-state index contributed by atoms with van der Waals surface area (Å²) in [6, 6.07) is 8.45. The largest absolute Gasteiger partial charge is 0.256 e. The van der Waals surface area contributed by atoms with Crippen molar-refractivity contribution in [2.24, 2.45) is 4.99 Å². The van der Waals surface area contributed by atoms with E-state index in [1.165, 1.54) is 26.7 Å². The molecule has 0 aliphatic rings. The molecule has 0 heterocycles. The summed E-state index contributed by atoms with van der Waals surface area (Å²) < 4.78 is 2.33. The van der Waals surface area contributed by atoms with Crippen molar-refractivity contribution in [1.29, 1.82) is 0 Å². The molecule has 3 heteroatoms. The van der Waals surface area contributed by atoms with Gasteiger partial charge in [0.15, 0.2) is 0 Å². The van der Waals surface area contributed by atoms with E-state index in [0.717, 1.165) is 15.7 Å². The maximum Gasteiger partial charge on any atom is 0.0635 e. The highest BCUT2D eigenvalue weighted by molar-refractivity contribution is 9.10. The van der Waals surface area contributed by atoms with Crippen LogP contribution in [0.15, 0.2) is 38.2 Å². The van der Waals surface area contributed by atoms with Gasteiger partial charge in [0.2, 0.25) is 0 Å². The average Bonchev–Trinajstić information content (AvgIpc) is 2.39. The van der Waals surface area contributed by atoms with Gasteiger partial charge in [0, 0.05) is 15.2 Å². The first-order valence-corrected chi connectivity index (χ1v) is 8.04. The van der Waals surface area contributed by atoms with Gasteiger partial charge in [-0.1, -0.05) is 31.9 Å². The van der Waals surface area contributed by atoms with Crippen molar-refractivity contribution in [3.05, 3.63) is 61.0 Å². The molecule has 0 aliphatic carbocycles. The molecule has 0 atom stereocenters. The Morgan fingerprint density at radius 2 is 1.15 bits per heavy atom. The predicted octanol–water partition coefficient (Wildman–Crippen LogP) is 6.20. The fraction of sp³-hybridized carbons (Fsp3) is 0.235. The van der Waals surface area contributed by atoms with Crippen LogP contribution in [-0.4, -0.2) is 6.21 Å². The lowest BCUT2D eigenvalue weighted by atomic mass is 10.1. The molecule has 2 aromatic rings. The zero-order valence-corrected chi connectivity index (χ0v) is 15.3. The molecule has 1 nitrogen and oxygen atoms in total. The van der Waals surface area contributed by atoms with Gasteiger partial charge in [-0.15, -0.1) is 0 Å². The molecule has 0 saturated heterocycles. The van der Waals surface area contributed by atoms with Crippen molar-refractivity contribution in [1.82, 2.24) is 0 Å². The molecule has 0 N–H and O–H groups in total. The monoisotopic (exact) mass is 393 g/mol. The van der Waals surface area contributed by atoms with E-state index in [9.17, 15) is 0 Å². The zero-order valence-electron chi connectivity index (χ0n) is 12.1. The highest BCUT2D eigenvalue weighted by atomic mass is 79.9. The molecule has 0 aliphatic heterocycles. The maximum absolute atomic E-state index is 4.59. The molecule has 20 heavy (non-hydrogen) atoms. The van der Waals surface area contributed by atoms with E-state index in [1.54, 1.807) is 0 Å². The van der Waals surface area contributed by atoms with E-state index < -0.39 is 0 Å². The van der Waals surface area contributed by atoms with Crippen LogP contribution in [0.5, 0.6) is 0 Å². The van der Waals surface area contributed by atoms with Crippen molar-refractivity contribution in [2.45, 2.75) is 27.7 Å².